The van der Waals surface area contributed by atoms with Gasteiger partial charge in [-0.15, -0.1) is 0 Å². The Morgan fingerprint density at radius 3 is 2.55 bits per heavy atom. The average Bonchev–Trinajstić information content (AvgIpc) is 2.39. The van der Waals surface area contributed by atoms with E-state index in [0.717, 1.165) is 38.5 Å². The van der Waals surface area contributed by atoms with Gasteiger partial charge in [0.2, 0.25) is 0 Å². The number of likely N-dealkylation sites (tertiary alicyclic amines) is 1. The molecule has 1 unspecified atom stereocenters. The fourth-order valence-electron chi connectivity index (χ4n) is 2.85. The molecule has 0 aliphatic carbocycles. The SMILES string of the molecule is CCCNC(CCN1CCC(CN(C)C)CC1)C(=O)O. The summed E-state index contributed by atoms with van der Waals surface area (Å²) < 4.78 is 0. The molecule has 0 bridgehead atoms. The second kappa shape index (κ2) is 9.32. The van der Waals surface area contributed by atoms with Crippen molar-refractivity contribution in [2.75, 3.05) is 46.8 Å². The maximum Gasteiger partial charge on any atom is 0.320 e. The number of nitrogens with zero attached hydrogens (tertiary/aromatic N) is 2. The molecular formula is C15H31N3O2. The second-order valence-corrected chi connectivity index (χ2v) is 6.18. The van der Waals surface area contributed by atoms with Crippen molar-refractivity contribution < 1.29 is 9.90 Å². The zero-order valence-corrected chi connectivity index (χ0v) is 13.3. The molecule has 1 rings (SSSR count). The molecule has 0 spiro atoms. The second-order valence-electron chi connectivity index (χ2n) is 6.18. The minimum Gasteiger partial charge on any atom is -0.480 e. The molecule has 0 aromatic heterocycles. The van der Waals surface area contributed by atoms with Crippen LogP contribution in [0.4, 0.5) is 0 Å². The predicted molar refractivity (Wildman–Crippen MR) is 82.1 cm³/mol. The summed E-state index contributed by atoms with van der Waals surface area (Å²) in [4.78, 5) is 15.8. The summed E-state index contributed by atoms with van der Waals surface area (Å²) in [5.41, 5.74) is 0. The van der Waals surface area contributed by atoms with Crippen molar-refractivity contribution in [1.29, 1.82) is 0 Å². The lowest BCUT2D eigenvalue weighted by Gasteiger charge is -2.33. The largest absolute Gasteiger partial charge is 0.480 e. The first-order chi connectivity index (χ1) is 9.52. The van der Waals surface area contributed by atoms with Crippen LogP contribution in [0.3, 0.4) is 0 Å². The summed E-state index contributed by atoms with van der Waals surface area (Å²) >= 11 is 0. The van der Waals surface area contributed by atoms with Crippen LogP contribution in [0.1, 0.15) is 32.6 Å². The molecule has 5 nitrogen and oxygen atoms in total. The lowest BCUT2D eigenvalue weighted by molar-refractivity contribution is -0.139. The van der Waals surface area contributed by atoms with Gasteiger partial charge in [-0.05, 0) is 65.3 Å². The highest BCUT2D eigenvalue weighted by Gasteiger charge is 2.22. The third-order valence-corrected chi connectivity index (χ3v) is 4.00. The number of hydrogen-bond acceptors (Lipinski definition) is 4. The zero-order chi connectivity index (χ0) is 15.0. The molecule has 1 fully saturated rings. The third kappa shape index (κ3) is 6.68. The predicted octanol–water partition coefficient (Wildman–Crippen LogP) is 1.10. The van der Waals surface area contributed by atoms with E-state index in [4.69, 9.17) is 0 Å². The lowest BCUT2D eigenvalue weighted by atomic mass is 9.96. The van der Waals surface area contributed by atoms with Crippen molar-refractivity contribution >= 4 is 5.97 Å². The summed E-state index contributed by atoms with van der Waals surface area (Å²) in [6.45, 7) is 7.12. The molecule has 1 aliphatic heterocycles. The van der Waals surface area contributed by atoms with Crippen LogP contribution < -0.4 is 5.32 Å². The van der Waals surface area contributed by atoms with Crippen molar-refractivity contribution in [1.82, 2.24) is 15.1 Å². The molecule has 0 saturated carbocycles. The number of carboxylic acid groups (broad SMARTS) is 1. The van der Waals surface area contributed by atoms with Crippen LogP contribution in [0.25, 0.3) is 0 Å². The van der Waals surface area contributed by atoms with Crippen molar-refractivity contribution in [2.45, 2.75) is 38.6 Å². The van der Waals surface area contributed by atoms with Crippen molar-refractivity contribution in [3.05, 3.63) is 0 Å². The normalized spacial score (nSPS) is 19.4. The fourth-order valence-corrected chi connectivity index (χ4v) is 2.85. The molecule has 0 radical (unpaired) electrons. The first kappa shape index (κ1) is 17.4. The first-order valence-corrected chi connectivity index (χ1v) is 7.86. The molecule has 1 saturated heterocycles. The Bertz CT molecular complexity index is 276. The smallest absolute Gasteiger partial charge is 0.320 e. The van der Waals surface area contributed by atoms with Crippen molar-refractivity contribution in [2.24, 2.45) is 5.92 Å². The fraction of sp³-hybridized carbons (Fsp3) is 0.933. The Morgan fingerprint density at radius 1 is 1.40 bits per heavy atom. The molecule has 0 amide bonds. The molecule has 118 valence electrons. The van der Waals surface area contributed by atoms with Gasteiger partial charge < -0.3 is 20.2 Å². The number of carboxylic acids is 1. The molecule has 1 aliphatic rings. The number of carbonyl (C=O) groups is 1. The summed E-state index contributed by atoms with van der Waals surface area (Å²) in [5, 5.41) is 12.3. The van der Waals surface area contributed by atoms with Gasteiger partial charge in [-0.25, -0.2) is 0 Å². The van der Waals surface area contributed by atoms with E-state index in [2.05, 4.69) is 36.1 Å². The summed E-state index contributed by atoms with van der Waals surface area (Å²) in [6.07, 6.45) is 4.14. The Balaban J connectivity index is 2.23. The van der Waals surface area contributed by atoms with E-state index >= 15 is 0 Å². The van der Waals surface area contributed by atoms with E-state index < -0.39 is 12.0 Å². The Kier molecular flexibility index (Phi) is 8.11. The van der Waals surface area contributed by atoms with Crippen LogP contribution in [0.2, 0.25) is 0 Å². The highest BCUT2D eigenvalue weighted by atomic mass is 16.4. The standard InChI is InChI=1S/C15H31N3O2/c1-4-8-16-14(15(19)20)7-11-18-9-5-13(6-10-18)12-17(2)3/h13-14,16H,4-12H2,1-3H3,(H,19,20). The van der Waals surface area contributed by atoms with Crippen LogP contribution in [-0.4, -0.2) is 73.7 Å². The maximum atomic E-state index is 11.2. The Hall–Kier alpha value is -0.650. The van der Waals surface area contributed by atoms with Gasteiger partial charge in [0.25, 0.3) is 0 Å². The topological polar surface area (TPSA) is 55.8 Å². The van der Waals surface area contributed by atoms with Crippen molar-refractivity contribution in [3.63, 3.8) is 0 Å². The van der Waals surface area contributed by atoms with Gasteiger partial charge in [0, 0.05) is 13.1 Å². The first-order valence-electron chi connectivity index (χ1n) is 7.86. The van der Waals surface area contributed by atoms with E-state index in [1.54, 1.807) is 0 Å². The molecule has 1 atom stereocenters. The van der Waals surface area contributed by atoms with E-state index in [1.165, 1.54) is 19.4 Å². The maximum absolute atomic E-state index is 11.2. The average molecular weight is 285 g/mol. The van der Waals surface area contributed by atoms with Gasteiger partial charge in [0.05, 0.1) is 0 Å². The van der Waals surface area contributed by atoms with Crippen LogP contribution in [0.5, 0.6) is 0 Å². The third-order valence-electron chi connectivity index (χ3n) is 4.00. The van der Waals surface area contributed by atoms with Gasteiger partial charge in [-0.1, -0.05) is 6.92 Å². The minimum absolute atomic E-state index is 0.394. The monoisotopic (exact) mass is 285 g/mol. The molecule has 5 heteroatoms. The summed E-state index contributed by atoms with van der Waals surface area (Å²) in [7, 11) is 4.26. The van der Waals surface area contributed by atoms with Gasteiger partial charge in [0.1, 0.15) is 6.04 Å². The number of hydrogen-bond donors (Lipinski definition) is 2. The summed E-state index contributed by atoms with van der Waals surface area (Å²) in [6, 6.07) is -0.394. The van der Waals surface area contributed by atoms with Gasteiger partial charge in [-0.3, -0.25) is 4.79 Å². The number of piperidine rings is 1. The Labute approximate surface area is 123 Å². The van der Waals surface area contributed by atoms with Gasteiger partial charge in [-0.2, -0.15) is 0 Å². The van der Waals surface area contributed by atoms with Crippen LogP contribution in [0, 0.1) is 5.92 Å². The van der Waals surface area contributed by atoms with Gasteiger partial charge in [0.15, 0.2) is 0 Å². The Morgan fingerprint density at radius 2 is 2.05 bits per heavy atom. The van der Waals surface area contributed by atoms with Gasteiger partial charge >= 0.3 is 5.97 Å². The molecule has 0 aromatic rings. The van der Waals surface area contributed by atoms with E-state index in [9.17, 15) is 9.90 Å². The van der Waals surface area contributed by atoms with Crippen molar-refractivity contribution in [3.8, 4) is 0 Å². The molecule has 20 heavy (non-hydrogen) atoms. The molecule has 1 heterocycles. The number of aliphatic carboxylic acids is 1. The van der Waals surface area contributed by atoms with E-state index in [1.807, 2.05) is 0 Å². The van der Waals surface area contributed by atoms with Crippen LogP contribution in [-0.2, 0) is 4.79 Å². The summed E-state index contributed by atoms with van der Waals surface area (Å²) in [5.74, 6) is 0.0793. The number of rotatable bonds is 9. The zero-order valence-electron chi connectivity index (χ0n) is 13.3. The quantitative estimate of drug-likeness (QED) is 0.664. The van der Waals surface area contributed by atoms with E-state index in [-0.39, 0.29) is 0 Å². The minimum atomic E-state index is -0.721. The highest BCUT2D eigenvalue weighted by Crippen LogP contribution is 2.18. The molecule has 2 N–H and O–H groups in total. The van der Waals surface area contributed by atoms with Crippen LogP contribution in [0.15, 0.2) is 0 Å². The number of nitrogens with one attached hydrogen (secondary N) is 1. The lowest BCUT2D eigenvalue weighted by Crippen LogP contribution is -2.42. The van der Waals surface area contributed by atoms with Crippen LogP contribution >= 0.6 is 0 Å². The molecule has 0 aromatic carbocycles. The molecular weight excluding hydrogens is 254 g/mol. The van der Waals surface area contributed by atoms with E-state index in [0.29, 0.717) is 6.42 Å². The highest BCUT2D eigenvalue weighted by molar-refractivity contribution is 5.73.